The molecule has 1 saturated heterocycles. The minimum atomic E-state index is -0.598. The molecule has 2 rings (SSSR count). The minimum Gasteiger partial charge on any atom is -0.496 e. The lowest BCUT2D eigenvalue weighted by Crippen LogP contribution is -2.26. The number of rotatable bonds is 3. The van der Waals surface area contributed by atoms with Crippen molar-refractivity contribution in [1.29, 1.82) is 0 Å². The van der Waals surface area contributed by atoms with Crippen LogP contribution in [0.2, 0.25) is 0 Å². The molecule has 0 saturated carbocycles. The molecular formula is C15H22O3. The average Bonchev–Trinajstić information content (AvgIpc) is 2.42. The largest absolute Gasteiger partial charge is 0.496 e. The first kappa shape index (κ1) is 13.4. The Labute approximate surface area is 109 Å². The van der Waals surface area contributed by atoms with E-state index in [0.717, 1.165) is 42.7 Å². The Bertz CT molecular complexity index is 408. The van der Waals surface area contributed by atoms with Crippen LogP contribution in [0.25, 0.3) is 0 Å². The molecule has 1 aromatic rings. The van der Waals surface area contributed by atoms with Gasteiger partial charge in [0.2, 0.25) is 0 Å². The van der Waals surface area contributed by atoms with Gasteiger partial charge in [0.25, 0.3) is 0 Å². The number of aliphatic hydroxyl groups excluding tert-OH is 1. The number of benzene rings is 1. The van der Waals surface area contributed by atoms with E-state index in [0.29, 0.717) is 0 Å². The number of hydrogen-bond donors (Lipinski definition) is 1. The van der Waals surface area contributed by atoms with E-state index in [2.05, 4.69) is 0 Å². The molecule has 0 amide bonds. The lowest BCUT2D eigenvalue weighted by molar-refractivity contribution is -0.0639. The first-order valence-corrected chi connectivity index (χ1v) is 6.59. The Hall–Kier alpha value is -1.06. The van der Waals surface area contributed by atoms with Gasteiger partial charge < -0.3 is 14.6 Å². The van der Waals surface area contributed by atoms with E-state index in [1.54, 1.807) is 7.11 Å². The molecular weight excluding hydrogens is 228 g/mol. The van der Waals surface area contributed by atoms with Crippen molar-refractivity contribution in [2.24, 2.45) is 0 Å². The Kier molecular flexibility index (Phi) is 4.25. The molecule has 2 atom stereocenters. The van der Waals surface area contributed by atoms with E-state index >= 15 is 0 Å². The minimum absolute atomic E-state index is 0.102. The predicted molar refractivity (Wildman–Crippen MR) is 71.0 cm³/mol. The molecule has 3 heteroatoms. The standard InChI is InChI=1S/C15H22O3/c1-10-7-8-12(15(17-3)11(10)2)14(16)13-6-4-5-9-18-13/h7-8,13-14,16H,4-6,9H2,1-3H3. The maximum atomic E-state index is 10.5. The summed E-state index contributed by atoms with van der Waals surface area (Å²) in [5, 5.41) is 10.5. The summed E-state index contributed by atoms with van der Waals surface area (Å²) < 4.78 is 11.1. The number of methoxy groups -OCH3 is 1. The molecule has 0 aliphatic carbocycles. The van der Waals surface area contributed by atoms with Crippen LogP contribution in [0, 0.1) is 13.8 Å². The van der Waals surface area contributed by atoms with Gasteiger partial charge in [0, 0.05) is 12.2 Å². The summed E-state index contributed by atoms with van der Waals surface area (Å²) >= 11 is 0. The van der Waals surface area contributed by atoms with Gasteiger partial charge in [-0.3, -0.25) is 0 Å². The molecule has 3 nitrogen and oxygen atoms in total. The zero-order valence-corrected chi connectivity index (χ0v) is 11.4. The van der Waals surface area contributed by atoms with Gasteiger partial charge in [0.15, 0.2) is 0 Å². The van der Waals surface area contributed by atoms with Gasteiger partial charge in [-0.1, -0.05) is 12.1 Å². The van der Waals surface area contributed by atoms with Crippen LogP contribution in [0.15, 0.2) is 12.1 Å². The molecule has 1 aromatic carbocycles. The molecule has 100 valence electrons. The van der Waals surface area contributed by atoms with E-state index in [-0.39, 0.29) is 6.10 Å². The number of hydrogen-bond acceptors (Lipinski definition) is 3. The van der Waals surface area contributed by atoms with Crippen LogP contribution in [-0.4, -0.2) is 24.9 Å². The van der Waals surface area contributed by atoms with Gasteiger partial charge in [-0.2, -0.15) is 0 Å². The van der Waals surface area contributed by atoms with Crippen molar-refractivity contribution >= 4 is 0 Å². The van der Waals surface area contributed by atoms with Crippen molar-refractivity contribution in [2.75, 3.05) is 13.7 Å². The van der Waals surface area contributed by atoms with Crippen LogP contribution < -0.4 is 4.74 Å². The van der Waals surface area contributed by atoms with E-state index in [1.807, 2.05) is 26.0 Å². The first-order chi connectivity index (χ1) is 8.65. The highest BCUT2D eigenvalue weighted by atomic mass is 16.5. The van der Waals surface area contributed by atoms with Crippen LogP contribution in [-0.2, 0) is 4.74 Å². The topological polar surface area (TPSA) is 38.7 Å². The smallest absolute Gasteiger partial charge is 0.127 e. The highest BCUT2D eigenvalue weighted by molar-refractivity contribution is 5.46. The average molecular weight is 250 g/mol. The quantitative estimate of drug-likeness (QED) is 0.896. The van der Waals surface area contributed by atoms with Crippen molar-refractivity contribution in [3.8, 4) is 5.75 Å². The van der Waals surface area contributed by atoms with Crippen LogP contribution in [0.5, 0.6) is 5.75 Å². The Morgan fingerprint density at radius 2 is 2.11 bits per heavy atom. The van der Waals surface area contributed by atoms with E-state index < -0.39 is 6.10 Å². The van der Waals surface area contributed by atoms with Gasteiger partial charge >= 0.3 is 0 Å². The van der Waals surface area contributed by atoms with Crippen LogP contribution in [0.4, 0.5) is 0 Å². The number of aryl methyl sites for hydroxylation is 1. The van der Waals surface area contributed by atoms with Crippen molar-refractivity contribution in [2.45, 2.75) is 45.3 Å². The summed E-state index contributed by atoms with van der Waals surface area (Å²) in [5.74, 6) is 0.789. The number of ether oxygens (including phenoxy) is 2. The second-order valence-electron chi connectivity index (χ2n) is 4.98. The third-order valence-electron chi connectivity index (χ3n) is 3.80. The van der Waals surface area contributed by atoms with Gasteiger partial charge in [0.05, 0.1) is 13.2 Å². The molecule has 0 spiro atoms. The monoisotopic (exact) mass is 250 g/mol. The van der Waals surface area contributed by atoms with Crippen LogP contribution in [0.1, 0.15) is 42.1 Å². The SMILES string of the molecule is COc1c(C(O)C2CCCCO2)ccc(C)c1C. The molecule has 18 heavy (non-hydrogen) atoms. The van der Waals surface area contributed by atoms with Gasteiger partial charge in [-0.15, -0.1) is 0 Å². The lowest BCUT2D eigenvalue weighted by Gasteiger charge is -2.28. The van der Waals surface area contributed by atoms with E-state index in [4.69, 9.17) is 9.47 Å². The number of aliphatic hydroxyl groups is 1. The first-order valence-electron chi connectivity index (χ1n) is 6.59. The van der Waals surface area contributed by atoms with Gasteiger partial charge in [0.1, 0.15) is 11.9 Å². The fourth-order valence-corrected chi connectivity index (χ4v) is 2.53. The summed E-state index contributed by atoms with van der Waals surface area (Å²) in [4.78, 5) is 0. The molecule has 2 unspecified atom stereocenters. The van der Waals surface area contributed by atoms with Gasteiger partial charge in [-0.05, 0) is 44.2 Å². The molecule has 1 heterocycles. The normalized spacial score (nSPS) is 21.7. The Balaban J connectivity index is 2.28. The second kappa shape index (κ2) is 5.72. The maximum absolute atomic E-state index is 10.5. The molecule has 1 fully saturated rings. The van der Waals surface area contributed by atoms with Crippen molar-refractivity contribution in [3.05, 3.63) is 28.8 Å². The summed E-state index contributed by atoms with van der Waals surface area (Å²) in [6, 6.07) is 3.98. The molecule has 0 aromatic heterocycles. The van der Waals surface area contributed by atoms with E-state index in [9.17, 15) is 5.11 Å². The lowest BCUT2D eigenvalue weighted by atomic mass is 9.94. The zero-order chi connectivity index (χ0) is 13.1. The fraction of sp³-hybridized carbons (Fsp3) is 0.600. The van der Waals surface area contributed by atoms with Crippen molar-refractivity contribution in [3.63, 3.8) is 0 Å². The van der Waals surface area contributed by atoms with Crippen LogP contribution >= 0.6 is 0 Å². The molecule has 1 aliphatic rings. The highest BCUT2D eigenvalue weighted by Crippen LogP contribution is 2.35. The third kappa shape index (κ3) is 2.52. The molecule has 1 aliphatic heterocycles. The highest BCUT2D eigenvalue weighted by Gasteiger charge is 2.27. The van der Waals surface area contributed by atoms with E-state index in [1.165, 1.54) is 5.56 Å². The third-order valence-corrected chi connectivity index (χ3v) is 3.80. The molecule has 1 N–H and O–H groups in total. The van der Waals surface area contributed by atoms with Crippen LogP contribution in [0.3, 0.4) is 0 Å². The second-order valence-corrected chi connectivity index (χ2v) is 4.98. The predicted octanol–water partition coefficient (Wildman–Crippen LogP) is 2.91. The Morgan fingerprint density at radius 1 is 1.33 bits per heavy atom. The van der Waals surface area contributed by atoms with Crippen molar-refractivity contribution < 1.29 is 14.6 Å². The Morgan fingerprint density at radius 3 is 2.72 bits per heavy atom. The summed E-state index contributed by atoms with van der Waals surface area (Å²) in [6.07, 6.45) is 2.42. The summed E-state index contributed by atoms with van der Waals surface area (Å²) in [5.41, 5.74) is 3.10. The fourth-order valence-electron chi connectivity index (χ4n) is 2.53. The van der Waals surface area contributed by atoms with Gasteiger partial charge in [-0.25, -0.2) is 0 Å². The summed E-state index contributed by atoms with van der Waals surface area (Å²) in [6.45, 7) is 4.81. The van der Waals surface area contributed by atoms with Crippen molar-refractivity contribution in [1.82, 2.24) is 0 Å². The molecule has 0 radical (unpaired) electrons. The summed E-state index contributed by atoms with van der Waals surface area (Å²) in [7, 11) is 1.65. The maximum Gasteiger partial charge on any atom is 0.127 e. The molecule has 0 bridgehead atoms. The zero-order valence-electron chi connectivity index (χ0n) is 11.4.